The van der Waals surface area contributed by atoms with E-state index in [0.717, 1.165) is 0 Å². The zero-order valence-electron chi connectivity index (χ0n) is 8.04. The molecule has 2 amide bonds. The Hall–Kier alpha value is -1.10. The minimum atomic E-state index is -0.527. The average Bonchev–Trinajstić information content (AvgIpc) is 2.16. The van der Waals surface area contributed by atoms with Crippen molar-refractivity contribution >= 4 is 11.8 Å². The quantitative estimate of drug-likeness (QED) is 0.476. The van der Waals surface area contributed by atoms with E-state index in [1.807, 2.05) is 13.8 Å². The van der Waals surface area contributed by atoms with Crippen molar-refractivity contribution in [1.82, 2.24) is 10.4 Å². The molecule has 0 spiro atoms. The maximum Gasteiger partial charge on any atom is 0.243 e. The van der Waals surface area contributed by atoms with Crippen LogP contribution >= 0.6 is 0 Å². The summed E-state index contributed by atoms with van der Waals surface area (Å²) in [5.74, 6) is -0.589. The number of nitrogens with one attached hydrogen (secondary N) is 1. The van der Waals surface area contributed by atoms with Crippen LogP contribution in [0.2, 0.25) is 0 Å². The van der Waals surface area contributed by atoms with Gasteiger partial charge in [-0.1, -0.05) is 0 Å². The lowest BCUT2D eigenvalue weighted by Gasteiger charge is -2.17. The molecule has 0 aliphatic carbocycles. The van der Waals surface area contributed by atoms with Gasteiger partial charge < -0.3 is 4.90 Å². The fraction of sp³-hybridized carbons (Fsp3) is 0.750. The van der Waals surface area contributed by atoms with E-state index < -0.39 is 5.91 Å². The maximum atomic E-state index is 11.3. The van der Waals surface area contributed by atoms with Crippen LogP contribution in [0.3, 0.4) is 0 Å². The van der Waals surface area contributed by atoms with Gasteiger partial charge in [-0.2, -0.15) is 0 Å². The van der Waals surface area contributed by atoms with E-state index in [1.54, 1.807) is 4.90 Å². The highest BCUT2D eigenvalue weighted by atomic mass is 16.5. The first-order valence-electron chi connectivity index (χ1n) is 4.36. The summed E-state index contributed by atoms with van der Waals surface area (Å²) >= 11 is 0. The van der Waals surface area contributed by atoms with Gasteiger partial charge in [0.05, 0.1) is 0 Å². The first-order chi connectivity index (χ1) is 6.15. The van der Waals surface area contributed by atoms with Crippen LogP contribution in [0.4, 0.5) is 0 Å². The topological polar surface area (TPSA) is 69.6 Å². The number of hydroxylamine groups is 1. The Morgan fingerprint density at radius 3 is 2.15 bits per heavy atom. The third kappa shape index (κ3) is 4.47. The normalized spacial score (nSPS) is 9.46. The van der Waals surface area contributed by atoms with Crippen molar-refractivity contribution in [3.63, 3.8) is 0 Å². The van der Waals surface area contributed by atoms with E-state index in [2.05, 4.69) is 0 Å². The number of nitrogens with zero attached hydrogens (tertiary/aromatic N) is 1. The highest BCUT2D eigenvalue weighted by Crippen LogP contribution is 1.97. The van der Waals surface area contributed by atoms with Crippen molar-refractivity contribution in [2.75, 3.05) is 13.1 Å². The second kappa shape index (κ2) is 6.42. The van der Waals surface area contributed by atoms with Crippen LogP contribution in [-0.2, 0) is 9.59 Å². The Kier molecular flexibility index (Phi) is 5.88. The molecule has 0 aromatic carbocycles. The molecule has 0 bridgehead atoms. The summed E-state index contributed by atoms with van der Waals surface area (Å²) in [7, 11) is 0. The Morgan fingerprint density at radius 1 is 1.23 bits per heavy atom. The Balaban J connectivity index is 3.79. The average molecular weight is 188 g/mol. The first-order valence-corrected chi connectivity index (χ1v) is 4.36. The SMILES string of the molecule is CCN(CC)C(=O)CCC(=O)NO. The van der Waals surface area contributed by atoms with Crippen LogP contribution in [0, 0.1) is 0 Å². The fourth-order valence-electron chi connectivity index (χ4n) is 1.01. The molecule has 2 N–H and O–H groups in total. The minimum absolute atomic E-state index is 0.0336. The summed E-state index contributed by atoms with van der Waals surface area (Å²) in [6.45, 7) is 5.06. The third-order valence-corrected chi connectivity index (χ3v) is 1.81. The van der Waals surface area contributed by atoms with Crippen molar-refractivity contribution < 1.29 is 14.8 Å². The van der Waals surface area contributed by atoms with Crippen LogP contribution in [0.1, 0.15) is 26.7 Å². The van der Waals surface area contributed by atoms with Crippen molar-refractivity contribution in [2.45, 2.75) is 26.7 Å². The summed E-state index contributed by atoms with van der Waals surface area (Å²) < 4.78 is 0. The molecule has 0 aliphatic heterocycles. The molecule has 0 heterocycles. The Bertz CT molecular complexity index is 178. The molecule has 0 aromatic rings. The molecule has 13 heavy (non-hydrogen) atoms. The zero-order valence-corrected chi connectivity index (χ0v) is 8.04. The van der Waals surface area contributed by atoms with Crippen molar-refractivity contribution in [3.8, 4) is 0 Å². The third-order valence-electron chi connectivity index (χ3n) is 1.81. The molecular weight excluding hydrogens is 172 g/mol. The van der Waals surface area contributed by atoms with Gasteiger partial charge in [-0.05, 0) is 13.8 Å². The molecule has 0 atom stereocenters. The molecular formula is C8H16N2O3. The molecule has 0 fully saturated rings. The van der Waals surface area contributed by atoms with E-state index in [9.17, 15) is 9.59 Å². The van der Waals surface area contributed by atoms with Crippen LogP contribution in [0.25, 0.3) is 0 Å². The number of amides is 2. The first kappa shape index (κ1) is 11.9. The summed E-state index contributed by atoms with van der Waals surface area (Å²) in [6.07, 6.45) is 0.180. The van der Waals surface area contributed by atoms with Gasteiger partial charge in [-0.25, -0.2) is 5.48 Å². The monoisotopic (exact) mass is 188 g/mol. The van der Waals surface area contributed by atoms with E-state index in [-0.39, 0.29) is 18.7 Å². The Labute approximate surface area is 77.7 Å². The van der Waals surface area contributed by atoms with Crippen LogP contribution in [-0.4, -0.2) is 35.0 Å². The molecule has 0 unspecified atom stereocenters. The van der Waals surface area contributed by atoms with Gasteiger partial charge in [0.15, 0.2) is 0 Å². The number of hydrogen-bond donors (Lipinski definition) is 2. The number of carbonyl (C=O) groups excluding carboxylic acids is 2. The highest BCUT2D eigenvalue weighted by molar-refractivity contribution is 5.83. The lowest BCUT2D eigenvalue weighted by atomic mass is 10.2. The fourth-order valence-corrected chi connectivity index (χ4v) is 1.01. The Morgan fingerprint density at radius 2 is 1.77 bits per heavy atom. The van der Waals surface area contributed by atoms with Gasteiger partial charge in [0.1, 0.15) is 0 Å². The van der Waals surface area contributed by atoms with E-state index in [1.165, 1.54) is 5.48 Å². The van der Waals surface area contributed by atoms with Gasteiger partial charge >= 0.3 is 0 Å². The van der Waals surface area contributed by atoms with E-state index in [0.29, 0.717) is 13.1 Å². The number of carbonyl (C=O) groups is 2. The van der Waals surface area contributed by atoms with E-state index in [4.69, 9.17) is 5.21 Å². The van der Waals surface area contributed by atoms with E-state index >= 15 is 0 Å². The summed E-state index contributed by atoms with van der Waals surface area (Å²) in [5.41, 5.74) is 1.49. The molecule has 0 saturated heterocycles. The molecule has 0 aromatic heterocycles. The summed E-state index contributed by atoms with van der Waals surface area (Å²) in [4.78, 5) is 23.5. The number of hydrogen-bond acceptors (Lipinski definition) is 3. The smallest absolute Gasteiger partial charge is 0.243 e. The lowest BCUT2D eigenvalue weighted by Crippen LogP contribution is -2.31. The lowest BCUT2D eigenvalue weighted by molar-refractivity contribution is -0.135. The van der Waals surface area contributed by atoms with Crippen LogP contribution in [0.5, 0.6) is 0 Å². The van der Waals surface area contributed by atoms with Gasteiger partial charge in [0, 0.05) is 25.9 Å². The maximum absolute atomic E-state index is 11.3. The van der Waals surface area contributed by atoms with Gasteiger partial charge in [0.25, 0.3) is 0 Å². The molecule has 0 saturated carbocycles. The highest BCUT2D eigenvalue weighted by Gasteiger charge is 2.10. The number of rotatable bonds is 5. The zero-order chi connectivity index (χ0) is 10.3. The van der Waals surface area contributed by atoms with Crippen molar-refractivity contribution in [2.24, 2.45) is 0 Å². The molecule has 5 nitrogen and oxygen atoms in total. The van der Waals surface area contributed by atoms with Crippen molar-refractivity contribution in [1.29, 1.82) is 0 Å². The summed E-state index contributed by atoms with van der Waals surface area (Å²) in [6, 6.07) is 0. The molecule has 0 aliphatic rings. The van der Waals surface area contributed by atoms with Gasteiger partial charge in [-0.15, -0.1) is 0 Å². The molecule has 5 heteroatoms. The predicted octanol–water partition coefficient (Wildman–Crippen LogP) is 0.140. The molecule has 76 valence electrons. The molecule has 0 radical (unpaired) electrons. The predicted molar refractivity (Wildman–Crippen MR) is 47.1 cm³/mol. The van der Waals surface area contributed by atoms with Crippen molar-refractivity contribution in [3.05, 3.63) is 0 Å². The van der Waals surface area contributed by atoms with Gasteiger partial charge in [0.2, 0.25) is 11.8 Å². The second-order valence-electron chi connectivity index (χ2n) is 2.60. The molecule has 0 rings (SSSR count). The largest absolute Gasteiger partial charge is 0.343 e. The minimum Gasteiger partial charge on any atom is -0.343 e. The standard InChI is InChI=1S/C8H16N2O3/c1-3-10(4-2)8(12)6-5-7(11)9-13/h13H,3-6H2,1-2H3,(H,9,11). The summed E-state index contributed by atoms with van der Waals surface area (Å²) in [5, 5.41) is 8.18. The second-order valence-corrected chi connectivity index (χ2v) is 2.60. The van der Waals surface area contributed by atoms with Crippen LogP contribution < -0.4 is 5.48 Å². The van der Waals surface area contributed by atoms with Crippen LogP contribution in [0.15, 0.2) is 0 Å². The van der Waals surface area contributed by atoms with Gasteiger partial charge in [-0.3, -0.25) is 14.8 Å².